The second kappa shape index (κ2) is 7.41. The number of nitro groups is 1. The van der Waals surface area contributed by atoms with Crippen molar-refractivity contribution in [3.05, 3.63) is 33.9 Å². The van der Waals surface area contributed by atoms with Crippen molar-refractivity contribution in [2.45, 2.75) is 52.1 Å². The number of nitrogens with one attached hydrogen (secondary N) is 1. The van der Waals surface area contributed by atoms with Crippen LogP contribution < -0.4 is 10.1 Å². The predicted octanol–water partition coefficient (Wildman–Crippen LogP) is 3.66. The minimum Gasteiger partial charge on any atom is -0.487 e. The minimum atomic E-state index is -0.377. The molecule has 2 rings (SSSR count). The summed E-state index contributed by atoms with van der Waals surface area (Å²) in [6.45, 7) is 5.49. The first-order chi connectivity index (χ1) is 10.1. The molecule has 1 aliphatic carbocycles. The molecule has 1 unspecified atom stereocenters. The fourth-order valence-electron chi connectivity index (χ4n) is 2.29. The van der Waals surface area contributed by atoms with E-state index in [-0.39, 0.29) is 10.6 Å². The van der Waals surface area contributed by atoms with E-state index in [1.165, 1.54) is 12.8 Å². The van der Waals surface area contributed by atoms with Crippen molar-refractivity contribution in [1.29, 1.82) is 0 Å². The summed E-state index contributed by atoms with van der Waals surface area (Å²) in [6, 6.07) is 5.76. The summed E-state index contributed by atoms with van der Waals surface area (Å²) in [6.07, 6.45) is 4.62. The van der Waals surface area contributed by atoms with Gasteiger partial charge in [-0.15, -0.1) is 0 Å². The lowest BCUT2D eigenvalue weighted by atomic mass is 10.1. The Bertz CT molecular complexity index is 486. The summed E-state index contributed by atoms with van der Waals surface area (Å²) < 4.78 is 5.71. The molecule has 0 spiro atoms. The number of hydrogen-bond acceptors (Lipinski definition) is 4. The molecule has 0 aromatic heterocycles. The van der Waals surface area contributed by atoms with Gasteiger partial charge >= 0.3 is 5.69 Å². The van der Waals surface area contributed by atoms with Gasteiger partial charge in [0.15, 0.2) is 5.75 Å². The lowest BCUT2D eigenvalue weighted by molar-refractivity contribution is -0.385. The van der Waals surface area contributed by atoms with Gasteiger partial charge in [-0.1, -0.05) is 26.3 Å². The summed E-state index contributed by atoms with van der Waals surface area (Å²) >= 11 is 0. The highest BCUT2D eigenvalue weighted by Gasteiger charge is 2.21. The molecule has 0 radical (unpaired) electrons. The molecule has 21 heavy (non-hydrogen) atoms. The summed E-state index contributed by atoms with van der Waals surface area (Å²) in [5.74, 6) is 0.792. The number of benzene rings is 1. The Morgan fingerprint density at radius 3 is 2.86 bits per heavy atom. The zero-order valence-corrected chi connectivity index (χ0v) is 12.8. The van der Waals surface area contributed by atoms with Gasteiger partial charge in [0.25, 0.3) is 0 Å². The fraction of sp³-hybridized carbons (Fsp3) is 0.625. The van der Waals surface area contributed by atoms with Crippen LogP contribution in [0.25, 0.3) is 0 Å². The molecule has 5 heteroatoms. The van der Waals surface area contributed by atoms with E-state index in [9.17, 15) is 10.1 Å². The second-order valence-corrected chi connectivity index (χ2v) is 5.92. The van der Waals surface area contributed by atoms with E-state index in [2.05, 4.69) is 19.2 Å². The molecule has 1 aromatic carbocycles. The Morgan fingerprint density at radius 1 is 1.48 bits per heavy atom. The highest BCUT2D eigenvalue weighted by molar-refractivity contribution is 5.48. The van der Waals surface area contributed by atoms with E-state index in [1.54, 1.807) is 18.2 Å². The highest BCUT2D eigenvalue weighted by atomic mass is 16.6. The first-order valence-electron chi connectivity index (χ1n) is 7.73. The first kappa shape index (κ1) is 15.8. The van der Waals surface area contributed by atoms with Crippen LogP contribution in [0.2, 0.25) is 0 Å². The highest BCUT2D eigenvalue weighted by Crippen LogP contribution is 2.29. The van der Waals surface area contributed by atoms with Crippen LogP contribution in [0.4, 0.5) is 5.69 Å². The van der Waals surface area contributed by atoms with Gasteiger partial charge in [-0.25, -0.2) is 0 Å². The fourth-order valence-corrected chi connectivity index (χ4v) is 2.29. The Hall–Kier alpha value is -1.62. The maximum atomic E-state index is 11.1. The number of nitrogens with zero attached hydrogens (tertiary/aromatic N) is 1. The number of ether oxygens (including phenoxy) is 1. The quantitative estimate of drug-likeness (QED) is 0.557. The summed E-state index contributed by atoms with van der Waals surface area (Å²) in [7, 11) is 0. The van der Waals surface area contributed by atoms with Crippen molar-refractivity contribution >= 4 is 5.69 Å². The van der Waals surface area contributed by atoms with Crippen LogP contribution in [0.1, 0.15) is 45.1 Å². The Labute approximate surface area is 125 Å². The molecular weight excluding hydrogens is 268 g/mol. The van der Waals surface area contributed by atoms with Crippen LogP contribution in [0.5, 0.6) is 5.75 Å². The average molecular weight is 292 g/mol. The standard InChI is InChI=1S/C16H24N2O3/c1-3-4-12(2)11-21-16-9-13(10-17-14-6-7-14)5-8-15(16)18(19)20/h5,8-9,12,14,17H,3-4,6-7,10-11H2,1-2H3. The van der Waals surface area contributed by atoms with Crippen molar-refractivity contribution < 1.29 is 9.66 Å². The second-order valence-electron chi connectivity index (χ2n) is 5.92. The SMILES string of the molecule is CCCC(C)COc1cc(CNC2CC2)ccc1[N+](=O)[O-]. The average Bonchev–Trinajstić information content (AvgIpc) is 3.27. The summed E-state index contributed by atoms with van der Waals surface area (Å²) in [5.41, 5.74) is 1.08. The van der Waals surface area contributed by atoms with E-state index in [4.69, 9.17) is 4.74 Å². The molecule has 0 amide bonds. The van der Waals surface area contributed by atoms with Gasteiger partial charge in [-0.05, 0) is 36.8 Å². The summed E-state index contributed by atoms with van der Waals surface area (Å²) in [4.78, 5) is 10.7. The minimum absolute atomic E-state index is 0.0499. The van der Waals surface area contributed by atoms with Crippen LogP contribution >= 0.6 is 0 Å². The van der Waals surface area contributed by atoms with E-state index in [0.29, 0.717) is 24.3 Å². The molecule has 1 fully saturated rings. The van der Waals surface area contributed by atoms with Gasteiger partial charge in [0.05, 0.1) is 11.5 Å². The maximum absolute atomic E-state index is 11.1. The molecular formula is C16H24N2O3. The predicted molar refractivity (Wildman–Crippen MR) is 82.5 cm³/mol. The van der Waals surface area contributed by atoms with Crippen molar-refractivity contribution in [2.75, 3.05) is 6.61 Å². The van der Waals surface area contributed by atoms with Crippen molar-refractivity contribution in [2.24, 2.45) is 5.92 Å². The Kier molecular flexibility index (Phi) is 5.56. The van der Waals surface area contributed by atoms with Crippen molar-refractivity contribution in [1.82, 2.24) is 5.32 Å². The number of nitro benzene ring substituents is 1. The van der Waals surface area contributed by atoms with Gasteiger partial charge in [-0.3, -0.25) is 10.1 Å². The lowest BCUT2D eigenvalue weighted by Crippen LogP contribution is -2.15. The largest absolute Gasteiger partial charge is 0.487 e. The monoisotopic (exact) mass is 292 g/mol. The lowest BCUT2D eigenvalue weighted by Gasteiger charge is -2.13. The third-order valence-electron chi connectivity index (χ3n) is 3.70. The van der Waals surface area contributed by atoms with Crippen LogP contribution in [-0.4, -0.2) is 17.6 Å². The van der Waals surface area contributed by atoms with E-state index < -0.39 is 0 Å². The van der Waals surface area contributed by atoms with Crippen molar-refractivity contribution in [3.8, 4) is 5.75 Å². The molecule has 1 aromatic rings. The molecule has 1 atom stereocenters. The van der Waals surface area contributed by atoms with Crippen LogP contribution in [0.15, 0.2) is 18.2 Å². The Morgan fingerprint density at radius 2 is 2.24 bits per heavy atom. The molecule has 0 aliphatic heterocycles. The van der Waals surface area contributed by atoms with E-state index in [1.807, 2.05) is 0 Å². The molecule has 0 saturated heterocycles. The number of rotatable bonds is 9. The normalized spacial score (nSPS) is 15.7. The van der Waals surface area contributed by atoms with Crippen molar-refractivity contribution in [3.63, 3.8) is 0 Å². The number of hydrogen-bond donors (Lipinski definition) is 1. The van der Waals surface area contributed by atoms with Gasteiger partial charge in [0.1, 0.15) is 0 Å². The molecule has 0 bridgehead atoms. The van der Waals surface area contributed by atoms with Crippen LogP contribution in [-0.2, 0) is 6.54 Å². The van der Waals surface area contributed by atoms with Gasteiger partial charge < -0.3 is 10.1 Å². The molecule has 5 nitrogen and oxygen atoms in total. The maximum Gasteiger partial charge on any atom is 0.310 e. The topological polar surface area (TPSA) is 64.4 Å². The zero-order chi connectivity index (χ0) is 15.2. The molecule has 1 aliphatic rings. The molecule has 1 N–H and O–H groups in total. The molecule has 1 saturated carbocycles. The third kappa shape index (κ3) is 5.01. The van der Waals surface area contributed by atoms with Crippen LogP contribution in [0.3, 0.4) is 0 Å². The third-order valence-corrected chi connectivity index (χ3v) is 3.70. The zero-order valence-electron chi connectivity index (χ0n) is 12.8. The Balaban J connectivity index is 2.02. The van der Waals surface area contributed by atoms with E-state index >= 15 is 0 Å². The first-order valence-corrected chi connectivity index (χ1v) is 7.73. The van der Waals surface area contributed by atoms with Gasteiger partial charge in [-0.2, -0.15) is 0 Å². The van der Waals surface area contributed by atoms with Gasteiger partial charge in [0.2, 0.25) is 0 Å². The van der Waals surface area contributed by atoms with E-state index in [0.717, 1.165) is 24.9 Å². The van der Waals surface area contributed by atoms with Crippen LogP contribution in [0, 0.1) is 16.0 Å². The molecule has 116 valence electrons. The summed E-state index contributed by atoms with van der Waals surface area (Å²) in [5, 5.41) is 14.5. The van der Waals surface area contributed by atoms with Gasteiger partial charge in [0, 0.05) is 18.7 Å². The molecule has 0 heterocycles. The smallest absolute Gasteiger partial charge is 0.310 e.